The third-order valence-corrected chi connectivity index (χ3v) is 1.87. The minimum absolute atomic E-state index is 0. The van der Waals surface area contributed by atoms with Gasteiger partial charge in [-0.3, -0.25) is 0 Å². The zero-order valence-electron chi connectivity index (χ0n) is 6.73. The summed E-state index contributed by atoms with van der Waals surface area (Å²) in [6.07, 6.45) is 0. The maximum atomic E-state index is 10.2. The second-order valence-electron chi connectivity index (χ2n) is 2.19. The molecular formula is C7H7CsO3S. The fourth-order valence-electron chi connectivity index (χ4n) is 0.778. The molecule has 0 N–H and O–H groups in total. The monoisotopic (exact) mass is 304 g/mol. The van der Waals surface area contributed by atoms with E-state index in [1.54, 1.807) is 30.3 Å². The van der Waals surface area contributed by atoms with Gasteiger partial charge in [-0.2, -0.15) is 0 Å². The van der Waals surface area contributed by atoms with E-state index in [2.05, 4.69) is 0 Å². The average Bonchev–Trinajstić information content (AvgIpc) is 1.85. The van der Waals surface area contributed by atoms with E-state index in [1.807, 2.05) is 0 Å². The SMILES string of the molecule is O=S(=O)([O-])Cc1ccccc1.[Cs+]. The van der Waals surface area contributed by atoms with Crippen molar-refractivity contribution in [3.05, 3.63) is 35.9 Å². The van der Waals surface area contributed by atoms with Crippen LogP contribution < -0.4 is 68.9 Å². The van der Waals surface area contributed by atoms with Crippen LogP contribution in [0.3, 0.4) is 0 Å². The smallest absolute Gasteiger partial charge is 0.748 e. The van der Waals surface area contributed by atoms with Crippen LogP contribution in [0.1, 0.15) is 5.56 Å². The van der Waals surface area contributed by atoms with E-state index >= 15 is 0 Å². The molecule has 0 atom stereocenters. The Bertz CT molecular complexity index is 320. The molecule has 0 fully saturated rings. The fraction of sp³-hybridized carbons (Fsp3) is 0.143. The first kappa shape index (κ1) is 13.2. The first-order chi connectivity index (χ1) is 5.08. The van der Waals surface area contributed by atoms with Gasteiger partial charge in [-0.15, -0.1) is 0 Å². The van der Waals surface area contributed by atoms with Gasteiger partial charge in [0, 0.05) is 0 Å². The van der Waals surface area contributed by atoms with Crippen molar-refractivity contribution in [2.75, 3.05) is 0 Å². The fourth-order valence-corrected chi connectivity index (χ4v) is 1.38. The normalized spacial score (nSPS) is 10.4. The summed E-state index contributed by atoms with van der Waals surface area (Å²) in [4.78, 5) is 0. The third-order valence-electron chi connectivity index (χ3n) is 1.19. The molecule has 12 heavy (non-hydrogen) atoms. The summed E-state index contributed by atoms with van der Waals surface area (Å²) in [5.41, 5.74) is 0.530. The molecule has 1 aromatic rings. The molecule has 0 radical (unpaired) electrons. The number of benzene rings is 1. The van der Waals surface area contributed by atoms with Gasteiger partial charge in [-0.05, 0) is 5.56 Å². The Kier molecular flexibility index (Phi) is 6.39. The Hall–Kier alpha value is 1.18. The maximum Gasteiger partial charge on any atom is 1.00 e. The second kappa shape index (κ2) is 5.82. The van der Waals surface area contributed by atoms with Crippen molar-refractivity contribution in [3.8, 4) is 0 Å². The summed E-state index contributed by atoms with van der Waals surface area (Å²) in [7, 11) is -4.13. The molecule has 0 unspecified atom stereocenters. The summed E-state index contributed by atoms with van der Waals surface area (Å²) in [5.74, 6) is -0.423. The quantitative estimate of drug-likeness (QED) is 0.579. The van der Waals surface area contributed by atoms with E-state index in [-0.39, 0.29) is 68.9 Å². The molecule has 0 saturated carbocycles. The molecule has 0 amide bonds. The van der Waals surface area contributed by atoms with E-state index in [0.717, 1.165) is 0 Å². The standard InChI is InChI=1S/C7H8O3S.Cs/c8-11(9,10)6-7-4-2-1-3-5-7;/h1-5H,6H2,(H,8,9,10);/q;+1/p-1. The van der Waals surface area contributed by atoms with E-state index in [1.165, 1.54) is 0 Å². The predicted molar refractivity (Wildman–Crippen MR) is 39.8 cm³/mol. The molecule has 1 rings (SSSR count). The minimum Gasteiger partial charge on any atom is -0.748 e. The summed E-state index contributed by atoms with van der Waals surface area (Å²) in [6.45, 7) is 0. The van der Waals surface area contributed by atoms with Gasteiger partial charge in [0.1, 0.15) is 0 Å². The van der Waals surface area contributed by atoms with Gasteiger partial charge < -0.3 is 4.55 Å². The molecule has 0 saturated heterocycles. The second-order valence-corrected chi connectivity index (χ2v) is 3.59. The van der Waals surface area contributed by atoms with E-state index < -0.39 is 15.9 Å². The maximum absolute atomic E-state index is 10.2. The van der Waals surface area contributed by atoms with E-state index in [4.69, 9.17) is 0 Å². The Morgan fingerprint density at radius 3 is 2.08 bits per heavy atom. The van der Waals surface area contributed by atoms with Crippen LogP contribution in [-0.4, -0.2) is 13.0 Å². The van der Waals surface area contributed by atoms with Gasteiger partial charge in [0.2, 0.25) is 0 Å². The van der Waals surface area contributed by atoms with Gasteiger partial charge in [-0.25, -0.2) is 8.42 Å². The van der Waals surface area contributed by atoms with Crippen molar-refractivity contribution in [2.45, 2.75) is 5.75 Å². The molecular weight excluding hydrogens is 297 g/mol. The first-order valence-corrected chi connectivity index (χ1v) is 4.63. The Balaban J connectivity index is 0.00000121. The zero-order valence-corrected chi connectivity index (χ0v) is 13.8. The molecule has 0 aliphatic carbocycles. The van der Waals surface area contributed by atoms with Crippen molar-refractivity contribution in [1.82, 2.24) is 0 Å². The topological polar surface area (TPSA) is 57.2 Å². The largest absolute Gasteiger partial charge is 1.00 e. The van der Waals surface area contributed by atoms with Crippen molar-refractivity contribution in [1.29, 1.82) is 0 Å². The van der Waals surface area contributed by atoms with Gasteiger partial charge in [0.05, 0.1) is 15.9 Å². The van der Waals surface area contributed by atoms with Crippen molar-refractivity contribution >= 4 is 10.1 Å². The molecule has 0 bridgehead atoms. The Labute approximate surface area is 131 Å². The molecule has 0 aliphatic heterocycles. The van der Waals surface area contributed by atoms with Crippen LogP contribution in [0.15, 0.2) is 30.3 Å². The molecule has 1 aromatic carbocycles. The molecule has 60 valence electrons. The number of hydrogen-bond donors (Lipinski definition) is 0. The average molecular weight is 304 g/mol. The molecule has 0 aromatic heterocycles. The third kappa shape index (κ3) is 5.76. The summed E-state index contributed by atoms with van der Waals surface area (Å²) < 4.78 is 30.7. The zero-order chi connectivity index (χ0) is 8.32. The number of rotatable bonds is 2. The van der Waals surface area contributed by atoms with Gasteiger partial charge in [0.15, 0.2) is 0 Å². The molecule has 0 spiro atoms. The van der Waals surface area contributed by atoms with Crippen molar-refractivity contribution in [3.63, 3.8) is 0 Å². The van der Waals surface area contributed by atoms with Crippen molar-refractivity contribution in [2.24, 2.45) is 0 Å². The van der Waals surface area contributed by atoms with Gasteiger partial charge in [-0.1, -0.05) is 30.3 Å². The molecule has 3 nitrogen and oxygen atoms in total. The van der Waals surface area contributed by atoms with Crippen LogP contribution in [0, 0.1) is 0 Å². The summed E-state index contributed by atoms with van der Waals surface area (Å²) in [6, 6.07) is 8.37. The Morgan fingerprint density at radius 1 is 1.17 bits per heavy atom. The molecule has 0 aliphatic rings. The van der Waals surface area contributed by atoms with Crippen molar-refractivity contribution < 1.29 is 81.9 Å². The summed E-state index contributed by atoms with van der Waals surface area (Å²) >= 11 is 0. The van der Waals surface area contributed by atoms with Crippen LogP contribution >= 0.6 is 0 Å². The molecule has 5 heteroatoms. The number of hydrogen-bond acceptors (Lipinski definition) is 3. The van der Waals surface area contributed by atoms with Crippen LogP contribution in [0.2, 0.25) is 0 Å². The van der Waals surface area contributed by atoms with Gasteiger partial charge in [0.25, 0.3) is 0 Å². The molecule has 0 heterocycles. The first-order valence-electron chi connectivity index (χ1n) is 3.05. The van der Waals surface area contributed by atoms with Crippen LogP contribution in [0.5, 0.6) is 0 Å². The van der Waals surface area contributed by atoms with Crippen LogP contribution in [-0.2, 0) is 15.9 Å². The summed E-state index contributed by atoms with van der Waals surface area (Å²) in [5, 5.41) is 0. The minimum atomic E-state index is -4.13. The predicted octanol–water partition coefficient (Wildman–Crippen LogP) is -2.26. The Morgan fingerprint density at radius 2 is 1.67 bits per heavy atom. The van der Waals surface area contributed by atoms with E-state index in [9.17, 15) is 13.0 Å². The van der Waals surface area contributed by atoms with E-state index in [0.29, 0.717) is 5.56 Å². The van der Waals surface area contributed by atoms with Gasteiger partial charge >= 0.3 is 68.9 Å². The van der Waals surface area contributed by atoms with Crippen LogP contribution in [0.25, 0.3) is 0 Å². The van der Waals surface area contributed by atoms with Crippen LogP contribution in [0.4, 0.5) is 0 Å².